The lowest BCUT2D eigenvalue weighted by Crippen LogP contribution is -2.21. The van der Waals surface area contributed by atoms with Crippen molar-refractivity contribution in [2.75, 3.05) is 0 Å². The first-order chi connectivity index (χ1) is 11.5. The molecule has 0 saturated heterocycles. The van der Waals surface area contributed by atoms with E-state index in [0.717, 1.165) is 4.90 Å². The number of benzene rings is 2. The summed E-state index contributed by atoms with van der Waals surface area (Å²) < 4.78 is 0.484. The maximum Gasteiger partial charge on any atom is 0.285 e. The number of nitrogens with one attached hydrogen (secondary N) is 1. The first-order valence-electron chi connectivity index (χ1n) is 6.76. The second kappa shape index (κ2) is 6.06. The summed E-state index contributed by atoms with van der Waals surface area (Å²) in [6.07, 6.45) is 0. The molecule has 0 spiro atoms. The highest BCUT2D eigenvalue weighted by Crippen LogP contribution is 2.37. The van der Waals surface area contributed by atoms with Gasteiger partial charge in [0, 0.05) is 16.3 Å². The van der Waals surface area contributed by atoms with Gasteiger partial charge in [-0.3, -0.25) is 15.5 Å². The predicted octanol–water partition coefficient (Wildman–Crippen LogP) is 3.29. The third kappa shape index (κ3) is 2.68. The van der Waals surface area contributed by atoms with E-state index in [2.05, 4.69) is 0 Å². The van der Waals surface area contributed by atoms with Gasteiger partial charge in [0.05, 0.1) is 20.9 Å². The maximum absolute atomic E-state index is 11.4. The first kappa shape index (κ1) is 15.6. The minimum Gasteiger partial charge on any atom is -0.426 e. The molecule has 0 atom stereocenters. The number of hydrogen-bond donors (Lipinski definition) is 2. The predicted molar refractivity (Wildman–Crippen MR) is 86.9 cm³/mol. The van der Waals surface area contributed by atoms with Crippen molar-refractivity contribution in [1.82, 2.24) is 4.73 Å². The summed E-state index contributed by atoms with van der Waals surface area (Å²) in [6.45, 7) is 0. The molecular formula is C16H10N4O3S. The van der Waals surface area contributed by atoms with Crippen LogP contribution in [0.1, 0.15) is 5.56 Å². The van der Waals surface area contributed by atoms with Crippen LogP contribution in [0.5, 0.6) is 0 Å². The first-order valence-corrected chi connectivity index (χ1v) is 7.58. The van der Waals surface area contributed by atoms with Gasteiger partial charge in [0.2, 0.25) is 0 Å². The van der Waals surface area contributed by atoms with Crippen molar-refractivity contribution in [3.8, 4) is 6.07 Å². The molecule has 1 aromatic heterocycles. The van der Waals surface area contributed by atoms with Crippen molar-refractivity contribution in [2.45, 2.75) is 9.79 Å². The van der Waals surface area contributed by atoms with Gasteiger partial charge in [0.15, 0.2) is 5.49 Å². The molecular weight excluding hydrogens is 328 g/mol. The Morgan fingerprint density at radius 2 is 1.96 bits per heavy atom. The summed E-state index contributed by atoms with van der Waals surface area (Å²) in [4.78, 5) is 12.1. The highest BCUT2D eigenvalue weighted by molar-refractivity contribution is 7.99. The molecule has 1 heterocycles. The maximum atomic E-state index is 11.4. The Hall–Kier alpha value is -3.31. The van der Waals surface area contributed by atoms with Crippen LogP contribution in [-0.4, -0.2) is 14.9 Å². The van der Waals surface area contributed by atoms with E-state index in [1.54, 1.807) is 0 Å². The van der Waals surface area contributed by atoms with Crippen LogP contribution in [0.2, 0.25) is 0 Å². The van der Waals surface area contributed by atoms with Gasteiger partial charge in [-0.05, 0) is 24.3 Å². The van der Waals surface area contributed by atoms with Gasteiger partial charge in [-0.2, -0.15) is 9.99 Å². The smallest absolute Gasteiger partial charge is 0.285 e. The minimum atomic E-state index is -0.535. The van der Waals surface area contributed by atoms with Gasteiger partial charge in [-0.25, -0.2) is 0 Å². The summed E-state index contributed by atoms with van der Waals surface area (Å²) in [7, 11) is 0. The quantitative estimate of drug-likeness (QED) is 0.432. The molecule has 3 aromatic rings. The van der Waals surface area contributed by atoms with Gasteiger partial charge >= 0.3 is 0 Å². The Kier molecular flexibility index (Phi) is 3.93. The zero-order valence-corrected chi connectivity index (χ0v) is 12.9. The SMILES string of the molecule is N#Cc1cc2cc(Sc3ccccc3)c([N+](=O)[O-])cc2n(O)c1=N. The summed E-state index contributed by atoms with van der Waals surface area (Å²) in [6, 6.07) is 15.2. The Balaban J connectivity index is 2.27. The second-order valence-corrected chi connectivity index (χ2v) is 6.00. The van der Waals surface area contributed by atoms with Crippen LogP contribution < -0.4 is 5.49 Å². The number of pyridine rings is 1. The Morgan fingerprint density at radius 3 is 2.58 bits per heavy atom. The van der Waals surface area contributed by atoms with Crippen LogP contribution in [0, 0.1) is 26.9 Å². The normalized spacial score (nSPS) is 10.5. The van der Waals surface area contributed by atoms with E-state index in [0.29, 0.717) is 15.0 Å². The Morgan fingerprint density at radius 1 is 1.25 bits per heavy atom. The molecule has 118 valence electrons. The zero-order chi connectivity index (χ0) is 17.3. The van der Waals surface area contributed by atoms with Crippen LogP contribution in [-0.2, 0) is 0 Å². The van der Waals surface area contributed by atoms with Crippen LogP contribution in [0.3, 0.4) is 0 Å². The molecule has 0 unspecified atom stereocenters. The Bertz CT molecular complexity index is 1050. The van der Waals surface area contributed by atoms with Gasteiger partial charge in [-0.15, -0.1) is 0 Å². The van der Waals surface area contributed by atoms with Crippen molar-refractivity contribution in [2.24, 2.45) is 0 Å². The third-order valence-electron chi connectivity index (χ3n) is 3.39. The Labute approximate surface area is 140 Å². The standard InChI is InChI=1S/C16H10N4O3S/c17-9-11-6-10-7-15(24-12-4-2-1-3-5-12)14(20(22)23)8-13(10)19(21)16(11)18/h1-8,18,21H. The molecule has 2 N–H and O–H groups in total. The number of nitro groups is 1. The number of fused-ring (bicyclic) bond motifs is 1. The molecule has 0 aliphatic heterocycles. The van der Waals surface area contributed by atoms with Crippen molar-refractivity contribution < 1.29 is 10.1 Å². The number of aromatic nitrogens is 1. The minimum absolute atomic E-state index is 0.0190. The van der Waals surface area contributed by atoms with Crippen LogP contribution in [0.4, 0.5) is 5.69 Å². The molecule has 24 heavy (non-hydrogen) atoms. The van der Waals surface area contributed by atoms with Crippen molar-refractivity contribution in [1.29, 1.82) is 10.7 Å². The van der Waals surface area contributed by atoms with Gasteiger partial charge in [-0.1, -0.05) is 30.0 Å². The highest BCUT2D eigenvalue weighted by atomic mass is 32.2. The lowest BCUT2D eigenvalue weighted by atomic mass is 10.1. The number of nitro benzene ring substituents is 1. The number of nitrogens with zero attached hydrogens (tertiary/aromatic N) is 3. The summed E-state index contributed by atoms with van der Waals surface area (Å²) in [5.74, 6) is 0. The molecule has 0 radical (unpaired) electrons. The lowest BCUT2D eigenvalue weighted by molar-refractivity contribution is -0.387. The molecule has 0 aliphatic carbocycles. The average molecular weight is 338 g/mol. The molecule has 8 heteroatoms. The lowest BCUT2D eigenvalue weighted by Gasteiger charge is -2.09. The fraction of sp³-hybridized carbons (Fsp3) is 0. The van der Waals surface area contributed by atoms with E-state index in [9.17, 15) is 15.3 Å². The molecule has 0 saturated carbocycles. The summed E-state index contributed by atoms with van der Waals surface area (Å²) in [5, 5.41) is 38.6. The van der Waals surface area contributed by atoms with E-state index in [4.69, 9.17) is 10.7 Å². The van der Waals surface area contributed by atoms with Gasteiger partial charge in [0.25, 0.3) is 5.69 Å². The summed E-state index contributed by atoms with van der Waals surface area (Å²) >= 11 is 1.22. The van der Waals surface area contributed by atoms with E-state index < -0.39 is 10.4 Å². The van der Waals surface area contributed by atoms with E-state index in [-0.39, 0.29) is 16.8 Å². The van der Waals surface area contributed by atoms with Crippen molar-refractivity contribution in [3.05, 3.63) is 69.7 Å². The van der Waals surface area contributed by atoms with Gasteiger partial charge < -0.3 is 5.21 Å². The topological polar surface area (TPSA) is 116 Å². The van der Waals surface area contributed by atoms with E-state index >= 15 is 0 Å². The molecule has 0 aliphatic rings. The van der Waals surface area contributed by atoms with Crippen LogP contribution in [0.25, 0.3) is 10.9 Å². The monoisotopic (exact) mass is 338 g/mol. The van der Waals surface area contributed by atoms with Crippen molar-refractivity contribution >= 4 is 28.4 Å². The number of hydrogen-bond acceptors (Lipinski definition) is 6. The molecule has 0 amide bonds. The van der Waals surface area contributed by atoms with Gasteiger partial charge in [0.1, 0.15) is 6.07 Å². The third-order valence-corrected chi connectivity index (χ3v) is 4.45. The molecule has 0 bridgehead atoms. The largest absolute Gasteiger partial charge is 0.426 e. The van der Waals surface area contributed by atoms with E-state index in [1.165, 1.54) is 30.0 Å². The average Bonchev–Trinajstić information content (AvgIpc) is 2.58. The van der Waals surface area contributed by atoms with E-state index in [1.807, 2.05) is 36.4 Å². The molecule has 7 nitrogen and oxygen atoms in total. The number of nitriles is 1. The second-order valence-electron chi connectivity index (χ2n) is 4.88. The fourth-order valence-corrected chi connectivity index (χ4v) is 3.23. The zero-order valence-electron chi connectivity index (χ0n) is 12.1. The summed E-state index contributed by atoms with van der Waals surface area (Å²) in [5.41, 5.74) is -0.511. The van der Waals surface area contributed by atoms with Crippen molar-refractivity contribution in [3.63, 3.8) is 0 Å². The molecule has 2 aromatic carbocycles. The van der Waals surface area contributed by atoms with Crippen LogP contribution >= 0.6 is 11.8 Å². The van der Waals surface area contributed by atoms with Crippen LogP contribution in [0.15, 0.2) is 58.3 Å². The fourth-order valence-electron chi connectivity index (χ4n) is 2.26. The number of rotatable bonds is 3. The molecule has 0 fully saturated rings. The highest BCUT2D eigenvalue weighted by Gasteiger charge is 2.19. The molecule has 3 rings (SSSR count).